The Kier molecular flexibility index (Phi) is 3.10. The number of aliphatic hydroxyl groups excluding tert-OH is 1. The van der Waals surface area contributed by atoms with Gasteiger partial charge in [-0.05, 0) is 31.0 Å². The van der Waals surface area contributed by atoms with Gasteiger partial charge in [0.05, 0.1) is 6.10 Å². The first-order chi connectivity index (χ1) is 7.66. The standard InChI is InChI=1S/C12H16N2O2/c1-8(15)7-14-12(16)10-3-2-9-4-5-13-11(9)6-10/h2-3,6,8,13,15H,4-5,7H2,1H3,(H,14,16). The maximum absolute atomic E-state index is 11.7. The Morgan fingerprint density at radius 3 is 3.19 bits per heavy atom. The van der Waals surface area contributed by atoms with Crippen molar-refractivity contribution >= 4 is 11.6 Å². The summed E-state index contributed by atoms with van der Waals surface area (Å²) < 4.78 is 0. The molecular formula is C12H16N2O2. The summed E-state index contributed by atoms with van der Waals surface area (Å²) in [5.74, 6) is -0.141. The predicted molar refractivity (Wildman–Crippen MR) is 62.6 cm³/mol. The average Bonchev–Trinajstić information content (AvgIpc) is 2.72. The largest absolute Gasteiger partial charge is 0.392 e. The molecule has 1 unspecified atom stereocenters. The number of nitrogens with one attached hydrogen (secondary N) is 2. The maximum atomic E-state index is 11.7. The van der Waals surface area contributed by atoms with E-state index in [9.17, 15) is 4.79 Å². The molecule has 2 rings (SSSR count). The van der Waals surface area contributed by atoms with Crippen LogP contribution in [0.3, 0.4) is 0 Å². The highest BCUT2D eigenvalue weighted by Crippen LogP contribution is 2.22. The smallest absolute Gasteiger partial charge is 0.251 e. The molecule has 4 heteroatoms. The number of hydrogen-bond donors (Lipinski definition) is 3. The Morgan fingerprint density at radius 1 is 1.62 bits per heavy atom. The Hall–Kier alpha value is -1.55. The quantitative estimate of drug-likeness (QED) is 0.705. The second kappa shape index (κ2) is 4.53. The first-order valence-electron chi connectivity index (χ1n) is 5.50. The Labute approximate surface area is 94.7 Å². The summed E-state index contributed by atoms with van der Waals surface area (Å²) in [5, 5.41) is 15.0. The topological polar surface area (TPSA) is 61.4 Å². The van der Waals surface area contributed by atoms with Crippen molar-refractivity contribution < 1.29 is 9.90 Å². The molecule has 0 aliphatic carbocycles. The van der Waals surface area contributed by atoms with E-state index in [-0.39, 0.29) is 12.5 Å². The first kappa shape index (κ1) is 11.0. The summed E-state index contributed by atoms with van der Waals surface area (Å²) in [5.41, 5.74) is 2.94. The molecule has 1 atom stereocenters. The van der Waals surface area contributed by atoms with Gasteiger partial charge < -0.3 is 15.7 Å². The average molecular weight is 220 g/mol. The first-order valence-corrected chi connectivity index (χ1v) is 5.50. The van der Waals surface area contributed by atoms with E-state index in [1.54, 1.807) is 6.92 Å². The molecule has 1 heterocycles. The molecule has 0 spiro atoms. The number of amides is 1. The highest BCUT2D eigenvalue weighted by Gasteiger charge is 2.13. The van der Waals surface area contributed by atoms with Gasteiger partial charge in [-0.2, -0.15) is 0 Å². The van der Waals surface area contributed by atoms with Crippen LogP contribution in [0.15, 0.2) is 18.2 Å². The normalized spacial score (nSPS) is 15.1. The molecule has 86 valence electrons. The summed E-state index contributed by atoms with van der Waals surface area (Å²) in [4.78, 5) is 11.7. The monoisotopic (exact) mass is 220 g/mol. The fourth-order valence-electron chi connectivity index (χ4n) is 1.77. The molecule has 0 saturated carbocycles. The van der Waals surface area contributed by atoms with E-state index < -0.39 is 6.10 Å². The lowest BCUT2D eigenvalue weighted by Crippen LogP contribution is -2.30. The molecule has 1 aliphatic heterocycles. The van der Waals surface area contributed by atoms with Crippen LogP contribution in [0.5, 0.6) is 0 Å². The van der Waals surface area contributed by atoms with Crippen molar-refractivity contribution in [1.29, 1.82) is 0 Å². The molecule has 1 aromatic rings. The van der Waals surface area contributed by atoms with Crippen molar-refractivity contribution in [2.24, 2.45) is 0 Å². The van der Waals surface area contributed by atoms with Crippen LogP contribution in [0.25, 0.3) is 0 Å². The Morgan fingerprint density at radius 2 is 2.44 bits per heavy atom. The molecule has 16 heavy (non-hydrogen) atoms. The van der Waals surface area contributed by atoms with Crippen molar-refractivity contribution in [2.45, 2.75) is 19.4 Å². The molecular weight excluding hydrogens is 204 g/mol. The summed E-state index contributed by atoms with van der Waals surface area (Å²) in [6, 6.07) is 5.66. The molecule has 0 saturated heterocycles. The van der Waals surface area contributed by atoms with Crippen molar-refractivity contribution in [3.8, 4) is 0 Å². The van der Waals surface area contributed by atoms with Gasteiger partial charge in [-0.15, -0.1) is 0 Å². The second-order valence-corrected chi connectivity index (χ2v) is 4.11. The van der Waals surface area contributed by atoms with Crippen LogP contribution in [0.4, 0.5) is 5.69 Å². The number of hydrogen-bond acceptors (Lipinski definition) is 3. The summed E-state index contributed by atoms with van der Waals surface area (Å²) in [6.07, 6.45) is 0.502. The minimum atomic E-state index is -0.517. The molecule has 1 aromatic carbocycles. The summed E-state index contributed by atoms with van der Waals surface area (Å²) >= 11 is 0. The number of fused-ring (bicyclic) bond motifs is 1. The number of rotatable bonds is 3. The molecule has 0 fully saturated rings. The molecule has 1 amide bonds. The highest BCUT2D eigenvalue weighted by molar-refractivity contribution is 5.95. The molecule has 0 bridgehead atoms. The van der Waals surface area contributed by atoms with Gasteiger partial charge in [-0.1, -0.05) is 6.07 Å². The van der Waals surface area contributed by atoms with Crippen molar-refractivity contribution in [3.63, 3.8) is 0 Å². The molecule has 4 nitrogen and oxygen atoms in total. The van der Waals surface area contributed by atoms with E-state index in [0.29, 0.717) is 5.56 Å². The van der Waals surface area contributed by atoms with Gasteiger partial charge in [0.2, 0.25) is 0 Å². The Balaban J connectivity index is 2.06. The highest BCUT2D eigenvalue weighted by atomic mass is 16.3. The minimum absolute atomic E-state index is 0.141. The summed E-state index contributed by atoms with van der Waals surface area (Å²) in [6.45, 7) is 2.86. The van der Waals surface area contributed by atoms with E-state index in [0.717, 1.165) is 18.7 Å². The zero-order valence-corrected chi connectivity index (χ0v) is 9.29. The van der Waals surface area contributed by atoms with Gasteiger partial charge in [-0.25, -0.2) is 0 Å². The number of benzene rings is 1. The van der Waals surface area contributed by atoms with E-state index >= 15 is 0 Å². The third kappa shape index (κ3) is 2.33. The van der Waals surface area contributed by atoms with Crippen LogP contribution in [-0.2, 0) is 6.42 Å². The van der Waals surface area contributed by atoms with Gasteiger partial charge in [-0.3, -0.25) is 4.79 Å². The zero-order valence-electron chi connectivity index (χ0n) is 9.29. The third-order valence-corrected chi connectivity index (χ3v) is 2.64. The molecule has 1 aliphatic rings. The third-order valence-electron chi connectivity index (χ3n) is 2.64. The van der Waals surface area contributed by atoms with Crippen LogP contribution < -0.4 is 10.6 Å². The van der Waals surface area contributed by atoms with Crippen LogP contribution in [0.1, 0.15) is 22.8 Å². The number of carbonyl (C=O) groups is 1. The van der Waals surface area contributed by atoms with Gasteiger partial charge >= 0.3 is 0 Å². The fraction of sp³-hybridized carbons (Fsp3) is 0.417. The Bertz CT molecular complexity index is 402. The zero-order chi connectivity index (χ0) is 11.5. The maximum Gasteiger partial charge on any atom is 0.251 e. The van der Waals surface area contributed by atoms with E-state index in [1.807, 2.05) is 18.2 Å². The van der Waals surface area contributed by atoms with Crippen LogP contribution in [-0.4, -0.2) is 30.2 Å². The molecule has 0 aromatic heterocycles. The predicted octanol–water partition coefficient (Wildman–Crippen LogP) is 0.765. The van der Waals surface area contributed by atoms with Crippen molar-refractivity contribution in [3.05, 3.63) is 29.3 Å². The number of anilines is 1. The number of aliphatic hydroxyl groups is 1. The van der Waals surface area contributed by atoms with Crippen molar-refractivity contribution in [2.75, 3.05) is 18.4 Å². The van der Waals surface area contributed by atoms with E-state index in [4.69, 9.17) is 5.11 Å². The summed E-state index contributed by atoms with van der Waals surface area (Å²) in [7, 11) is 0. The van der Waals surface area contributed by atoms with Crippen LogP contribution in [0, 0.1) is 0 Å². The van der Waals surface area contributed by atoms with E-state index in [2.05, 4.69) is 10.6 Å². The number of carbonyl (C=O) groups excluding carboxylic acids is 1. The SMILES string of the molecule is CC(O)CNC(=O)c1ccc2c(c1)NCC2. The van der Waals surface area contributed by atoms with Gasteiger partial charge in [0.25, 0.3) is 5.91 Å². The lowest BCUT2D eigenvalue weighted by molar-refractivity contribution is 0.0924. The van der Waals surface area contributed by atoms with Gasteiger partial charge in [0, 0.05) is 24.3 Å². The lowest BCUT2D eigenvalue weighted by Gasteiger charge is -2.08. The van der Waals surface area contributed by atoms with E-state index in [1.165, 1.54) is 5.56 Å². The molecule has 3 N–H and O–H groups in total. The van der Waals surface area contributed by atoms with Gasteiger partial charge in [0.1, 0.15) is 0 Å². The fourth-order valence-corrected chi connectivity index (χ4v) is 1.77. The van der Waals surface area contributed by atoms with Gasteiger partial charge in [0.15, 0.2) is 0 Å². The van der Waals surface area contributed by atoms with Crippen LogP contribution >= 0.6 is 0 Å². The second-order valence-electron chi connectivity index (χ2n) is 4.11. The minimum Gasteiger partial charge on any atom is -0.392 e. The van der Waals surface area contributed by atoms with Crippen molar-refractivity contribution in [1.82, 2.24) is 5.32 Å². The lowest BCUT2D eigenvalue weighted by atomic mass is 10.1. The molecule has 0 radical (unpaired) electrons. The van der Waals surface area contributed by atoms with Crippen LogP contribution in [0.2, 0.25) is 0 Å².